The first kappa shape index (κ1) is 34.3. The number of hydrogen-bond acceptors (Lipinski definition) is 5. The highest BCUT2D eigenvalue weighted by atomic mass is 16.5. The quantitative estimate of drug-likeness (QED) is 0.194. The Morgan fingerprint density at radius 3 is 1.17 bits per heavy atom. The highest BCUT2D eigenvalue weighted by molar-refractivity contribution is 6.00. The van der Waals surface area contributed by atoms with Crippen LogP contribution in [0.15, 0.2) is 121 Å². The van der Waals surface area contributed by atoms with Crippen molar-refractivity contribution in [1.82, 2.24) is 0 Å². The molecule has 0 aliphatic heterocycles. The van der Waals surface area contributed by atoms with Crippen LogP contribution in [0.1, 0.15) is 85.6 Å². The molecule has 0 aromatic heterocycles. The van der Waals surface area contributed by atoms with Crippen molar-refractivity contribution >= 4 is 11.6 Å². The Labute approximate surface area is 251 Å². The van der Waals surface area contributed by atoms with E-state index in [9.17, 15) is 14.7 Å². The number of rotatable bonds is 10. The van der Waals surface area contributed by atoms with E-state index < -0.39 is 12.2 Å². The molecule has 0 bridgehead atoms. The van der Waals surface area contributed by atoms with E-state index in [0.717, 1.165) is 5.56 Å². The van der Waals surface area contributed by atoms with Gasteiger partial charge in [0.1, 0.15) is 12.2 Å². The molecular formula is C37H44O5. The first-order valence-corrected chi connectivity index (χ1v) is 14.4. The highest BCUT2D eigenvalue weighted by Crippen LogP contribution is 2.24. The molecule has 42 heavy (non-hydrogen) atoms. The van der Waals surface area contributed by atoms with Gasteiger partial charge in [0.05, 0.1) is 18.3 Å². The molecule has 2 atom stereocenters. The predicted octanol–water partition coefficient (Wildman–Crippen LogP) is 8.46. The molecule has 222 valence electrons. The summed E-state index contributed by atoms with van der Waals surface area (Å²) in [6.07, 6.45) is -0.870. The number of ether oxygens (including phenoxy) is 2. The van der Waals surface area contributed by atoms with E-state index in [1.165, 1.54) is 0 Å². The van der Waals surface area contributed by atoms with Crippen molar-refractivity contribution in [3.63, 3.8) is 0 Å². The molecule has 0 heterocycles. The van der Waals surface area contributed by atoms with Crippen LogP contribution in [0.4, 0.5) is 0 Å². The van der Waals surface area contributed by atoms with Crippen LogP contribution in [0.3, 0.4) is 0 Å². The van der Waals surface area contributed by atoms with Gasteiger partial charge in [-0.2, -0.15) is 0 Å². The average molecular weight is 569 g/mol. The molecule has 0 saturated heterocycles. The minimum Gasteiger partial charge on any atom is -0.380 e. The Kier molecular flexibility index (Phi) is 15.1. The molecular weight excluding hydrogens is 524 g/mol. The standard InChI is InChI=1S/C17H18O2.C14H12O2.C6H14O/c1-13(2)19-17(15-11-7-4-8-12-15)16(18)14-9-5-3-6-10-14;15-13(11-7-3-1-4-8-11)14(16)12-9-5-2-6-10-12;1-5(2)7-6(3)4/h3-13,17H,1-2H3;1-10,13,15H;5-6H,1-4H3. The zero-order valence-corrected chi connectivity index (χ0v) is 25.5. The van der Waals surface area contributed by atoms with Crippen LogP contribution in [-0.2, 0) is 9.47 Å². The molecule has 2 unspecified atom stereocenters. The minimum atomic E-state index is -1.08. The first-order valence-electron chi connectivity index (χ1n) is 14.4. The lowest BCUT2D eigenvalue weighted by atomic mass is 9.99. The molecule has 0 spiro atoms. The topological polar surface area (TPSA) is 72.8 Å². The molecule has 5 heteroatoms. The fourth-order valence-electron chi connectivity index (χ4n) is 4.04. The summed E-state index contributed by atoms with van der Waals surface area (Å²) in [5, 5.41) is 9.89. The Hall–Kier alpha value is -3.90. The van der Waals surface area contributed by atoms with E-state index in [0.29, 0.717) is 28.9 Å². The summed E-state index contributed by atoms with van der Waals surface area (Å²) in [4.78, 5) is 24.5. The Bertz CT molecular complexity index is 1280. The van der Waals surface area contributed by atoms with E-state index >= 15 is 0 Å². The van der Waals surface area contributed by atoms with Crippen LogP contribution in [-0.4, -0.2) is 35.0 Å². The smallest absolute Gasteiger partial charge is 0.196 e. The van der Waals surface area contributed by atoms with E-state index in [4.69, 9.17) is 9.47 Å². The number of ketones is 2. The van der Waals surface area contributed by atoms with Crippen LogP contribution in [0, 0.1) is 0 Å². The van der Waals surface area contributed by atoms with Gasteiger partial charge in [0.15, 0.2) is 11.6 Å². The summed E-state index contributed by atoms with van der Waals surface area (Å²) in [5.74, 6) is -0.271. The van der Waals surface area contributed by atoms with Crippen LogP contribution in [0.2, 0.25) is 0 Å². The summed E-state index contributed by atoms with van der Waals surface area (Å²) in [5.41, 5.74) is 2.72. The van der Waals surface area contributed by atoms with Gasteiger partial charge in [0.2, 0.25) is 0 Å². The molecule has 0 radical (unpaired) electrons. The molecule has 0 saturated carbocycles. The number of Topliss-reactive ketones (excluding diaryl/α,β-unsaturated/α-hetero) is 2. The van der Waals surface area contributed by atoms with Gasteiger partial charge >= 0.3 is 0 Å². The fraction of sp³-hybridized carbons (Fsp3) is 0.297. The third-order valence-corrected chi connectivity index (χ3v) is 5.77. The molecule has 5 nitrogen and oxygen atoms in total. The molecule has 4 aromatic carbocycles. The number of aliphatic hydroxyl groups is 1. The summed E-state index contributed by atoms with van der Waals surface area (Å²) in [6, 6.07) is 36.6. The molecule has 0 aliphatic rings. The molecule has 0 aliphatic carbocycles. The van der Waals surface area contributed by atoms with Crippen molar-refractivity contribution in [1.29, 1.82) is 0 Å². The summed E-state index contributed by atoms with van der Waals surface area (Å²) in [7, 11) is 0. The largest absolute Gasteiger partial charge is 0.380 e. The Balaban J connectivity index is 0.000000243. The van der Waals surface area contributed by atoms with Crippen molar-refractivity contribution in [3.05, 3.63) is 144 Å². The third kappa shape index (κ3) is 12.3. The molecule has 4 rings (SSSR count). The van der Waals surface area contributed by atoms with Crippen LogP contribution >= 0.6 is 0 Å². The molecule has 0 fully saturated rings. The van der Waals surface area contributed by atoms with Gasteiger partial charge in [-0.1, -0.05) is 121 Å². The lowest BCUT2D eigenvalue weighted by Crippen LogP contribution is -2.19. The fourth-order valence-corrected chi connectivity index (χ4v) is 4.04. The second-order valence-electron chi connectivity index (χ2n) is 10.5. The number of benzene rings is 4. The van der Waals surface area contributed by atoms with E-state index in [1.54, 1.807) is 48.5 Å². The maximum Gasteiger partial charge on any atom is 0.196 e. The Morgan fingerprint density at radius 1 is 0.476 bits per heavy atom. The van der Waals surface area contributed by atoms with Gasteiger partial charge in [-0.3, -0.25) is 9.59 Å². The number of hydrogen-bond donors (Lipinski definition) is 1. The molecule has 1 N–H and O–H groups in total. The highest BCUT2D eigenvalue weighted by Gasteiger charge is 2.23. The van der Waals surface area contributed by atoms with Crippen molar-refractivity contribution in [2.75, 3.05) is 0 Å². The Morgan fingerprint density at radius 2 is 0.810 bits per heavy atom. The first-order chi connectivity index (χ1) is 20.1. The lowest BCUT2D eigenvalue weighted by Gasteiger charge is -2.19. The second kappa shape index (κ2) is 18.5. The normalized spacial score (nSPS) is 12.0. The maximum atomic E-state index is 12.6. The van der Waals surface area contributed by atoms with Crippen LogP contribution < -0.4 is 0 Å². The van der Waals surface area contributed by atoms with Crippen molar-refractivity contribution < 1.29 is 24.2 Å². The zero-order valence-electron chi connectivity index (χ0n) is 25.5. The predicted molar refractivity (Wildman–Crippen MR) is 170 cm³/mol. The van der Waals surface area contributed by atoms with Gasteiger partial charge in [-0.05, 0) is 52.7 Å². The number of carbonyl (C=O) groups is 2. The maximum absolute atomic E-state index is 12.6. The van der Waals surface area contributed by atoms with Crippen LogP contribution in [0.25, 0.3) is 0 Å². The van der Waals surface area contributed by atoms with Crippen LogP contribution in [0.5, 0.6) is 0 Å². The number of carbonyl (C=O) groups excluding carboxylic acids is 2. The van der Waals surface area contributed by atoms with E-state index in [2.05, 4.69) is 0 Å². The van der Waals surface area contributed by atoms with E-state index in [1.807, 2.05) is 114 Å². The second-order valence-corrected chi connectivity index (χ2v) is 10.5. The third-order valence-electron chi connectivity index (χ3n) is 5.77. The van der Waals surface area contributed by atoms with Gasteiger partial charge in [-0.25, -0.2) is 0 Å². The molecule has 4 aromatic rings. The van der Waals surface area contributed by atoms with Crippen molar-refractivity contribution in [2.24, 2.45) is 0 Å². The van der Waals surface area contributed by atoms with E-state index in [-0.39, 0.29) is 17.7 Å². The van der Waals surface area contributed by atoms with Gasteiger partial charge in [0.25, 0.3) is 0 Å². The summed E-state index contributed by atoms with van der Waals surface area (Å²) in [6.45, 7) is 12.0. The van der Waals surface area contributed by atoms with Gasteiger partial charge in [-0.15, -0.1) is 0 Å². The van der Waals surface area contributed by atoms with Crippen molar-refractivity contribution in [2.45, 2.75) is 72.1 Å². The SMILES string of the molecule is CC(C)OC(C(=O)c1ccccc1)c1ccccc1.CC(C)OC(C)C.O=C(c1ccccc1)C(O)c1ccccc1. The summed E-state index contributed by atoms with van der Waals surface area (Å²) >= 11 is 0. The monoisotopic (exact) mass is 568 g/mol. The minimum absolute atomic E-state index is 0.000463. The van der Waals surface area contributed by atoms with Gasteiger partial charge < -0.3 is 14.6 Å². The van der Waals surface area contributed by atoms with Gasteiger partial charge in [0, 0.05) is 11.1 Å². The summed E-state index contributed by atoms with van der Waals surface area (Å²) < 4.78 is 11.1. The lowest BCUT2D eigenvalue weighted by molar-refractivity contribution is 0.0114. The molecule has 0 amide bonds. The van der Waals surface area contributed by atoms with Crippen molar-refractivity contribution in [3.8, 4) is 0 Å². The average Bonchev–Trinajstić information content (AvgIpc) is 3.00. The zero-order chi connectivity index (χ0) is 30.9. The number of aliphatic hydroxyl groups excluding tert-OH is 1.